The highest BCUT2D eigenvalue weighted by molar-refractivity contribution is 9.10. The molecule has 2 aliphatic rings. The molecule has 2 nitrogen and oxygen atoms in total. The summed E-state index contributed by atoms with van der Waals surface area (Å²) in [6.45, 7) is 2.18. The van der Waals surface area contributed by atoms with Crippen LogP contribution in [0.3, 0.4) is 0 Å². The van der Waals surface area contributed by atoms with Gasteiger partial charge in [0.15, 0.2) is 0 Å². The van der Waals surface area contributed by atoms with Gasteiger partial charge >= 0.3 is 0 Å². The maximum absolute atomic E-state index is 9.62. The van der Waals surface area contributed by atoms with Crippen molar-refractivity contribution in [3.05, 3.63) is 28.2 Å². The lowest BCUT2D eigenvalue weighted by molar-refractivity contribution is 0.105. The molecule has 1 heterocycles. The van der Waals surface area contributed by atoms with Crippen molar-refractivity contribution in [1.82, 2.24) is 4.90 Å². The van der Waals surface area contributed by atoms with Crippen molar-refractivity contribution >= 4 is 15.9 Å². The Hall–Kier alpha value is -0.540. The standard InChI is InChI=1S/C15H20BrNO/c16-14-7-6-13(18)9-12(14)10-17-8-2-4-11-3-1-5-15(11)17/h6-7,9,11,15,18H,1-5,8,10H2. The first-order valence-electron chi connectivity index (χ1n) is 6.95. The molecular weight excluding hydrogens is 290 g/mol. The van der Waals surface area contributed by atoms with Crippen molar-refractivity contribution in [2.45, 2.75) is 44.7 Å². The van der Waals surface area contributed by atoms with Crippen LogP contribution in [0, 0.1) is 5.92 Å². The van der Waals surface area contributed by atoms with E-state index >= 15 is 0 Å². The molecule has 98 valence electrons. The highest BCUT2D eigenvalue weighted by Crippen LogP contribution is 2.38. The van der Waals surface area contributed by atoms with E-state index < -0.39 is 0 Å². The van der Waals surface area contributed by atoms with Crippen molar-refractivity contribution in [1.29, 1.82) is 0 Å². The first kappa shape index (κ1) is 12.5. The normalized spacial score (nSPS) is 28.3. The Bertz CT molecular complexity index is 435. The zero-order valence-electron chi connectivity index (χ0n) is 10.6. The summed E-state index contributed by atoms with van der Waals surface area (Å²) in [6.07, 6.45) is 6.93. The quantitative estimate of drug-likeness (QED) is 0.895. The first-order chi connectivity index (χ1) is 8.74. The van der Waals surface area contributed by atoms with Gasteiger partial charge in [-0.05, 0) is 61.9 Å². The number of piperidine rings is 1. The van der Waals surface area contributed by atoms with E-state index in [2.05, 4.69) is 20.8 Å². The lowest BCUT2D eigenvalue weighted by Crippen LogP contribution is -2.41. The van der Waals surface area contributed by atoms with E-state index in [0.29, 0.717) is 5.75 Å². The summed E-state index contributed by atoms with van der Waals surface area (Å²) in [6, 6.07) is 6.36. The highest BCUT2D eigenvalue weighted by atomic mass is 79.9. The highest BCUT2D eigenvalue weighted by Gasteiger charge is 2.34. The minimum absolute atomic E-state index is 0.369. The summed E-state index contributed by atoms with van der Waals surface area (Å²) >= 11 is 3.59. The minimum Gasteiger partial charge on any atom is -0.508 e. The number of rotatable bonds is 2. The summed E-state index contributed by atoms with van der Waals surface area (Å²) < 4.78 is 1.11. The van der Waals surface area contributed by atoms with Gasteiger partial charge in [0, 0.05) is 17.1 Å². The molecule has 1 aromatic rings. The molecule has 18 heavy (non-hydrogen) atoms. The first-order valence-corrected chi connectivity index (χ1v) is 7.75. The maximum Gasteiger partial charge on any atom is 0.115 e. The van der Waals surface area contributed by atoms with E-state index in [4.69, 9.17) is 0 Å². The van der Waals surface area contributed by atoms with E-state index in [0.717, 1.165) is 23.0 Å². The van der Waals surface area contributed by atoms with E-state index in [1.54, 1.807) is 6.07 Å². The van der Waals surface area contributed by atoms with Gasteiger partial charge in [-0.1, -0.05) is 22.4 Å². The fourth-order valence-corrected chi connectivity index (χ4v) is 4.03. The SMILES string of the molecule is Oc1ccc(Br)c(CN2CCCC3CCCC32)c1. The number of aromatic hydroxyl groups is 1. The van der Waals surface area contributed by atoms with Crippen LogP contribution in [-0.2, 0) is 6.54 Å². The molecular formula is C15H20BrNO. The van der Waals surface area contributed by atoms with Crippen molar-refractivity contribution in [2.75, 3.05) is 6.54 Å². The molecule has 0 aromatic heterocycles. The summed E-state index contributed by atoms with van der Waals surface area (Å²) in [4.78, 5) is 2.63. The Labute approximate surface area is 117 Å². The molecule has 0 amide bonds. The number of hydrogen-bond acceptors (Lipinski definition) is 2. The predicted octanol–water partition coefficient (Wildman–Crippen LogP) is 3.92. The molecule has 1 aliphatic heterocycles. The fraction of sp³-hybridized carbons (Fsp3) is 0.600. The van der Waals surface area contributed by atoms with E-state index in [9.17, 15) is 5.11 Å². The number of phenolic OH excluding ortho intramolecular Hbond substituents is 1. The molecule has 1 saturated heterocycles. The van der Waals surface area contributed by atoms with Gasteiger partial charge in [-0.3, -0.25) is 4.90 Å². The second-order valence-electron chi connectivity index (χ2n) is 5.65. The monoisotopic (exact) mass is 309 g/mol. The Morgan fingerprint density at radius 3 is 2.94 bits per heavy atom. The molecule has 3 heteroatoms. The van der Waals surface area contributed by atoms with Crippen LogP contribution < -0.4 is 0 Å². The van der Waals surface area contributed by atoms with Gasteiger partial charge in [0.1, 0.15) is 5.75 Å². The third-order valence-electron chi connectivity index (χ3n) is 4.51. The lowest BCUT2D eigenvalue weighted by atomic mass is 9.91. The Morgan fingerprint density at radius 1 is 1.22 bits per heavy atom. The average Bonchev–Trinajstić information content (AvgIpc) is 2.83. The summed E-state index contributed by atoms with van der Waals surface area (Å²) in [5.74, 6) is 1.29. The Balaban J connectivity index is 1.77. The van der Waals surface area contributed by atoms with E-state index in [1.807, 2.05) is 12.1 Å². The zero-order chi connectivity index (χ0) is 12.5. The largest absolute Gasteiger partial charge is 0.508 e. The van der Waals surface area contributed by atoms with Crippen molar-refractivity contribution in [3.8, 4) is 5.75 Å². The average molecular weight is 310 g/mol. The molecule has 0 radical (unpaired) electrons. The van der Waals surface area contributed by atoms with Gasteiger partial charge in [-0.15, -0.1) is 0 Å². The van der Waals surface area contributed by atoms with Gasteiger partial charge in [0.2, 0.25) is 0 Å². The second kappa shape index (κ2) is 5.22. The number of phenols is 1. The van der Waals surface area contributed by atoms with Crippen LogP contribution in [0.5, 0.6) is 5.75 Å². The van der Waals surface area contributed by atoms with Crippen LogP contribution in [0.4, 0.5) is 0 Å². The molecule has 2 atom stereocenters. The van der Waals surface area contributed by atoms with Crippen LogP contribution in [0.15, 0.2) is 22.7 Å². The number of benzene rings is 1. The van der Waals surface area contributed by atoms with E-state index in [-0.39, 0.29) is 0 Å². The van der Waals surface area contributed by atoms with Crippen molar-refractivity contribution in [3.63, 3.8) is 0 Å². The molecule has 1 saturated carbocycles. The van der Waals surface area contributed by atoms with Gasteiger partial charge < -0.3 is 5.11 Å². The zero-order valence-corrected chi connectivity index (χ0v) is 12.2. The number of likely N-dealkylation sites (tertiary alicyclic amines) is 1. The Kier molecular flexibility index (Phi) is 3.62. The van der Waals surface area contributed by atoms with Gasteiger partial charge in [0.25, 0.3) is 0 Å². The molecule has 3 rings (SSSR count). The molecule has 2 unspecified atom stereocenters. The van der Waals surface area contributed by atoms with Gasteiger partial charge in [-0.2, -0.15) is 0 Å². The molecule has 0 spiro atoms. The van der Waals surface area contributed by atoms with Crippen molar-refractivity contribution in [2.24, 2.45) is 5.92 Å². The molecule has 1 aliphatic carbocycles. The molecule has 1 aromatic carbocycles. The van der Waals surface area contributed by atoms with Crippen LogP contribution >= 0.6 is 15.9 Å². The number of halogens is 1. The third kappa shape index (κ3) is 2.43. The minimum atomic E-state index is 0.369. The maximum atomic E-state index is 9.62. The number of hydrogen-bond donors (Lipinski definition) is 1. The van der Waals surface area contributed by atoms with Crippen LogP contribution in [0.2, 0.25) is 0 Å². The van der Waals surface area contributed by atoms with Crippen molar-refractivity contribution < 1.29 is 5.11 Å². The topological polar surface area (TPSA) is 23.5 Å². The van der Waals surface area contributed by atoms with E-state index in [1.165, 1.54) is 44.2 Å². The lowest BCUT2D eigenvalue weighted by Gasteiger charge is -2.38. The summed E-state index contributed by atoms with van der Waals surface area (Å²) in [7, 11) is 0. The third-order valence-corrected chi connectivity index (χ3v) is 5.28. The molecule has 2 fully saturated rings. The summed E-state index contributed by atoms with van der Waals surface area (Å²) in [5.41, 5.74) is 1.21. The predicted molar refractivity (Wildman–Crippen MR) is 76.6 cm³/mol. The van der Waals surface area contributed by atoms with Gasteiger partial charge in [-0.25, -0.2) is 0 Å². The van der Waals surface area contributed by atoms with Gasteiger partial charge in [0.05, 0.1) is 0 Å². The van der Waals surface area contributed by atoms with Crippen LogP contribution in [0.1, 0.15) is 37.7 Å². The fourth-order valence-electron chi connectivity index (χ4n) is 3.65. The number of fused-ring (bicyclic) bond motifs is 1. The molecule has 1 N–H and O–H groups in total. The van der Waals surface area contributed by atoms with Crippen LogP contribution in [-0.4, -0.2) is 22.6 Å². The molecule has 0 bridgehead atoms. The Morgan fingerprint density at radius 2 is 2.06 bits per heavy atom. The van der Waals surface area contributed by atoms with Crippen LogP contribution in [0.25, 0.3) is 0 Å². The second-order valence-corrected chi connectivity index (χ2v) is 6.50. The number of nitrogens with zero attached hydrogens (tertiary/aromatic N) is 1. The smallest absolute Gasteiger partial charge is 0.115 e. The summed E-state index contributed by atoms with van der Waals surface area (Å²) in [5, 5.41) is 9.62.